The lowest BCUT2D eigenvalue weighted by atomic mass is 10.3. The summed E-state index contributed by atoms with van der Waals surface area (Å²) in [7, 11) is 0. The van der Waals surface area contributed by atoms with Gasteiger partial charge < -0.3 is 19.1 Å². The maximum atomic E-state index is 11.9. The Balaban J connectivity index is 2.34. The SMILES string of the molecule is CCOC(=O)c1ncnc(N2CCOCC2)c1OCC. The van der Waals surface area contributed by atoms with Gasteiger partial charge in [-0.05, 0) is 13.8 Å². The molecule has 0 unspecified atom stereocenters. The molecule has 1 aromatic rings. The summed E-state index contributed by atoms with van der Waals surface area (Å²) in [4.78, 5) is 22.2. The number of hydrogen-bond donors (Lipinski definition) is 0. The minimum absolute atomic E-state index is 0.171. The lowest BCUT2D eigenvalue weighted by Gasteiger charge is -2.29. The predicted octanol–water partition coefficient (Wildman–Crippen LogP) is 0.889. The highest BCUT2D eigenvalue weighted by Crippen LogP contribution is 2.29. The number of carbonyl (C=O) groups excluding carboxylic acids is 1. The Morgan fingerprint density at radius 2 is 2.05 bits per heavy atom. The van der Waals surface area contributed by atoms with E-state index in [1.807, 2.05) is 11.8 Å². The largest absolute Gasteiger partial charge is 0.488 e. The van der Waals surface area contributed by atoms with Gasteiger partial charge in [-0.25, -0.2) is 14.8 Å². The lowest BCUT2D eigenvalue weighted by Crippen LogP contribution is -2.37. The van der Waals surface area contributed by atoms with E-state index in [1.54, 1.807) is 6.92 Å². The third-order valence-corrected chi connectivity index (χ3v) is 2.85. The van der Waals surface area contributed by atoms with E-state index < -0.39 is 5.97 Å². The van der Waals surface area contributed by atoms with Crippen LogP contribution in [0.25, 0.3) is 0 Å². The standard InChI is InChI=1S/C13H19N3O4/c1-3-19-11-10(13(17)20-4-2)14-9-15-12(11)16-5-7-18-8-6-16/h9H,3-8H2,1-2H3. The van der Waals surface area contributed by atoms with Crippen molar-refractivity contribution in [2.24, 2.45) is 0 Å². The molecule has 7 heteroatoms. The molecule has 1 fully saturated rings. The highest BCUT2D eigenvalue weighted by Gasteiger charge is 2.24. The minimum atomic E-state index is -0.493. The van der Waals surface area contributed by atoms with Crippen molar-refractivity contribution < 1.29 is 19.0 Å². The number of ether oxygens (including phenoxy) is 3. The Morgan fingerprint density at radius 1 is 1.30 bits per heavy atom. The van der Waals surface area contributed by atoms with Crippen molar-refractivity contribution in [3.63, 3.8) is 0 Å². The molecular weight excluding hydrogens is 262 g/mol. The zero-order valence-electron chi connectivity index (χ0n) is 11.8. The van der Waals surface area contributed by atoms with Crippen molar-refractivity contribution in [2.45, 2.75) is 13.8 Å². The van der Waals surface area contributed by atoms with Gasteiger partial charge in [-0.15, -0.1) is 0 Å². The van der Waals surface area contributed by atoms with E-state index in [9.17, 15) is 4.79 Å². The second-order valence-corrected chi connectivity index (χ2v) is 4.13. The minimum Gasteiger partial charge on any atom is -0.488 e. The van der Waals surface area contributed by atoms with Crippen LogP contribution in [0.15, 0.2) is 6.33 Å². The molecule has 2 heterocycles. The molecule has 1 aliphatic heterocycles. The van der Waals surface area contributed by atoms with Crippen molar-refractivity contribution in [3.8, 4) is 5.75 Å². The monoisotopic (exact) mass is 281 g/mol. The Hall–Kier alpha value is -1.89. The molecule has 0 N–H and O–H groups in total. The third kappa shape index (κ3) is 3.16. The van der Waals surface area contributed by atoms with Gasteiger partial charge in [0.05, 0.1) is 26.4 Å². The van der Waals surface area contributed by atoms with Crippen LogP contribution >= 0.6 is 0 Å². The maximum Gasteiger partial charge on any atom is 0.361 e. The van der Waals surface area contributed by atoms with Crippen LogP contribution in [0.2, 0.25) is 0 Å². The molecule has 110 valence electrons. The summed E-state index contributed by atoms with van der Waals surface area (Å²) < 4.78 is 15.9. The summed E-state index contributed by atoms with van der Waals surface area (Å²) in [5.74, 6) is 0.511. The normalized spacial score (nSPS) is 15.0. The summed E-state index contributed by atoms with van der Waals surface area (Å²) in [6.45, 7) is 7.00. The zero-order valence-corrected chi connectivity index (χ0v) is 11.8. The summed E-state index contributed by atoms with van der Waals surface area (Å²) in [6.07, 6.45) is 1.36. The average Bonchev–Trinajstić information content (AvgIpc) is 2.49. The van der Waals surface area contributed by atoms with Crippen LogP contribution < -0.4 is 9.64 Å². The molecule has 7 nitrogen and oxygen atoms in total. The molecule has 0 atom stereocenters. The van der Waals surface area contributed by atoms with Gasteiger partial charge in [0.1, 0.15) is 6.33 Å². The molecule has 1 aromatic heterocycles. The van der Waals surface area contributed by atoms with Crippen LogP contribution in [-0.2, 0) is 9.47 Å². The molecule has 1 aliphatic rings. The van der Waals surface area contributed by atoms with Crippen molar-refractivity contribution in [1.29, 1.82) is 0 Å². The summed E-state index contributed by atoms with van der Waals surface area (Å²) in [6, 6.07) is 0. The number of carbonyl (C=O) groups is 1. The Kier molecular flexibility index (Phi) is 5.11. The second-order valence-electron chi connectivity index (χ2n) is 4.13. The van der Waals surface area contributed by atoms with Crippen molar-refractivity contribution >= 4 is 11.8 Å². The molecule has 0 amide bonds. The first-order chi connectivity index (χ1) is 9.77. The molecule has 2 rings (SSSR count). The summed E-state index contributed by atoms with van der Waals surface area (Å²) in [5, 5.41) is 0. The lowest BCUT2D eigenvalue weighted by molar-refractivity contribution is 0.0514. The average molecular weight is 281 g/mol. The smallest absolute Gasteiger partial charge is 0.361 e. The van der Waals surface area contributed by atoms with Crippen LogP contribution in [0.1, 0.15) is 24.3 Å². The highest BCUT2D eigenvalue weighted by atomic mass is 16.5. The highest BCUT2D eigenvalue weighted by molar-refractivity contribution is 5.92. The molecular formula is C13H19N3O4. The fourth-order valence-corrected chi connectivity index (χ4v) is 1.99. The molecule has 0 aromatic carbocycles. The van der Waals surface area contributed by atoms with Gasteiger partial charge in [-0.3, -0.25) is 0 Å². The van der Waals surface area contributed by atoms with Gasteiger partial charge in [0.25, 0.3) is 0 Å². The fraction of sp³-hybridized carbons (Fsp3) is 0.615. The molecule has 0 spiro atoms. The van der Waals surface area contributed by atoms with Crippen LogP contribution in [0, 0.1) is 0 Å². The van der Waals surface area contributed by atoms with Crippen LogP contribution in [0.4, 0.5) is 5.82 Å². The fourth-order valence-electron chi connectivity index (χ4n) is 1.99. The van der Waals surface area contributed by atoms with E-state index >= 15 is 0 Å². The van der Waals surface area contributed by atoms with E-state index in [1.165, 1.54) is 6.33 Å². The maximum absolute atomic E-state index is 11.9. The number of esters is 1. The first-order valence-corrected chi connectivity index (χ1v) is 6.75. The van der Waals surface area contributed by atoms with Crippen molar-refractivity contribution in [3.05, 3.63) is 12.0 Å². The van der Waals surface area contributed by atoms with Gasteiger partial charge in [0.15, 0.2) is 17.3 Å². The topological polar surface area (TPSA) is 73.8 Å². The molecule has 1 saturated heterocycles. The van der Waals surface area contributed by atoms with Crippen molar-refractivity contribution in [1.82, 2.24) is 9.97 Å². The van der Waals surface area contributed by atoms with Gasteiger partial charge in [-0.2, -0.15) is 0 Å². The number of rotatable bonds is 5. The first-order valence-electron chi connectivity index (χ1n) is 6.75. The van der Waals surface area contributed by atoms with E-state index in [0.717, 1.165) is 0 Å². The number of aromatic nitrogens is 2. The van der Waals surface area contributed by atoms with Crippen LogP contribution in [-0.4, -0.2) is 55.5 Å². The Morgan fingerprint density at radius 3 is 2.70 bits per heavy atom. The summed E-state index contributed by atoms with van der Waals surface area (Å²) >= 11 is 0. The van der Waals surface area contributed by atoms with E-state index in [0.29, 0.717) is 51.1 Å². The number of morpholine rings is 1. The molecule has 0 aliphatic carbocycles. The quantitative estimate of drug-likeness (QED) is 0.742. The van der Waals surface area contributed by atoms with Crippen molar-refractivity contribution in [2.75, 3.05) is 44.4 Å². The third-order valence-electron chi connectivity index (χ3n) is 2.85. The molecule has 0 radical (unpaired) electrons. The van der Waals surface area contributed by atoms with Crippen LogP contribution in [0.3, 0.4) is 0 Å². The van der Waals surface area contributed by atoms with Gasteiger partial charge in [-0.1, -0.05) is 0 Å². The number of nitrogens with zero attached hydrogens (tertiary/aromatic N) is 3. The predicted molar refractivity (Wildman–Crippen MR) is 72.2 cm³/mol. The first kappa shape index (κ1) is 14.5. The molecule has 0 saturated carbocycles. The Bertz CT molecular complexity index is 461. The number of anilines is 1. The molecule has 20 heavy (non-hydrogen) atoms. The molecule has 0 bridgehead atoms. The number of hydrogen-bond acceptors (Lipinski definition) is 7. The van der Waals surface area contributed by atoms with Gasteiger partial charge >= 0.3 is 5.97 Å². The second kappa shape index (κ2) is 7.04. The van der Waals surface area contributed by atoms with E-state index in [2.05, 4.69) is 9.97 Å². The zero-order chi connectivity index (χ0) is 14.4. The Labute approximate surface area is 117 Å². The van der Waals surface area contributed by atoms with Gasteiger partial charge in [0, 0.05) is 13.1 Å². The van der Waals surface area contributed by atoms with E-state index in [4.69, 9.17) is 14.2 Å². The van der Waals surface area contributed by atoms with Gasteiger partial charge in [0.2, 0.25) is 0 Å². The van der Waals surface area contributed by atoms with Crippen LogP contribution in [0.5, 0.6) is 5.75 Å². The summed E-state index contributed by atoms with van der Waals surface area (Å²) in [5.41, 5.74) is 0.171. The van der Waals surface area contributed by atoms with E-state index in [-0.39, 0.29) is 5.69 Å².